The van der Waals surface area contributed by atoms with Crippen LogP contribution in [0.4, 0.5) is 0 Å². The van der Waals surface area contributed by atoms with Gasteiger partial charge in [0.1, 0.15) is 0 Å². The SMILES string of the molecule is CO[Si](C)(N)OCC1CCCCC1. The first kappa shape index (κ1) is 11.2. The normalized spacial score (nSPS) is 24.2. The van der Waals surface area contributed by atoms with E-state index in [2.05, 4.69) is 0 Å². The van der Waals surface area contributed by atoms with Crippen molar-refractivity contribution >= 4 is 8.72 Å². The molecular formula is C9H21NO2Si. The van der Waals surface area contributed by atoms with Gasteiger partial charge in [0.2, 0.25) is 0 Å². The second kappa shape index (κ2) is 5.10. The molecule has 0 amide bonds. The molecule has 0 saturated heterocycles. The average molecular weight is 203 g/mol. The van der Waals surface area contributed by atoms with Gasteiger partial charge in [0, 0.05) is 13.7 Å². The standard InChI is InChI=1S/C9H21NO2Si/c1-11-13(2,10)12-8-9-6-4-3-5-7-9/h9H,3-8,10H2,1-2H3. The fourth-order valence-electron chi connectivity index (χ4n) is 1.70. The van der Waals surface area contributed by atoms with E-state index in [1.807, 2.05) is 6.55 Å². The van der Waals surface area contributed by atoms with Gasteiger partial charge in [0.05, 0.1) is 0 Å². The van der Waals surface area contributed by atoms with Gasteiger partial charge >= 0.3 is 8.72 Å². The van der Waals surface area contributed by atoms with Gasteiger partial charge in [-0.1, -0.05) is 19.3 Å². The highest BCUT2D eigenvalue weighted by atomic mass is 28.4. The van der Waals surface area contributed by atoms with Crippen LogP contribution in [0.15, 0.2) is 0 Å². The molecule has 78 valence electrons. The van der Waals surface area contributed by atoms with E-state index in [0.717, 1.165) is 12.5 Å². The molecule has 1 unspecified atom stereocenters. The van der Waals surface area contributed by atoms with E-state index in [9.17, 15) is 0 Å². The van der Waals surface area contributed by atoms with Crippen LogP contribution in [-0.4, -0.2) is 22.4 Å². The summed E-state index contributed by atoms with van der Waals surface area (Å²) in [5.41, 5.74) is 0. The molecule has 1 rings (SSSR count). The van der Waals surface area contributed by atoms with Crippen molar-refractivity contribution in [3.8, 4) is 0 Å². The lowest BCUT2D eigenvalue weighted by atomic mass is 9.90. The Hall–Kier alpha value is 0.0969. The van der Waals surface area contributed by atoms with Crippen LogP contribution in [0.3, 0.4) is 0 Å². The van der Waals surface area contributed by atoms with Crippen LogP contribution >= 0.6 is 0 Å². The van der Waals surface area contributed by atoms with E-state index in [0.29, 0.717) is 0 Å². The van der Waals surface area contributed by atoms with E-state index in [4.69, 9.17) is 14.3 Å². The molecule has 1 atom stereocenters. The van der Waals surface area contributed by atoms with Crippen molar-refractivity contribution in [3.63, 3.8) is 0 Å². The van der Waals surface area contributed by atoms with Crippen molar-refractivity contribution < 1.29 is 8.85 Å². The van der Waals surface area contributed by atoms with Crippen LogP contribution in [0.1, 0.15) is 32.1 Å². The molecule has 0 aliphatic heterocycles. The quantitative estimate of drug-likeness (QED) is 0.708. The molecule has 1 aliphatic carbocycles. The van der Waals surface area contributed by atoms with Gasteiger partial charge in [-0.2, -0.15) is 0 Å². The second-order valence-electron chi connectivity index (χ2n) is 4.04. The molecule has 0 radical (unpaired) electrons. The minimum atomic E-state index is -2.26. The first-order valence-electron chi connectivity index (χ1n) is 5.12. The second-order valence-corrected chi connectivity index (χ2v) is 6.76. The van der Waals surface area contributed by atoms with Gasteiger partial charge < -0.3 is 14.3 Å². The summed E-state index contributed by atoms with van der Waals surface area (Å²) in [5.74, 6) is 0.722. The first-order chi connectivity index (χ1) is 6.14. The molecular weight excluding hydrogens is 182 g/mol. The molecule has 13 heavy (non-hydrogen) atoms. The maximum Gasteiger partial charge on any atom is 0.418 e. The monoisotopic (exact) mass is 203 g/mol. The third-order valence-corrected chi connectivity index (χ3v) is 4.29. The molecule has 0 aromatic rings. The van der Waals surface area contributed by atoms with Gasteiger partial charge in [-0.3, -0.25) is 0 Å². The van der Waals surface area contributed by atoms with E-state index >= 15 is 0 Å². The molecule has 0 heterocycles. The molecule has 0 aromatic heterocycles. The fraction of sp³-hybridized carbons (Fsp3) is 1.00. The zero-order valence-corrected chi connectivity index (χ0v) is 9.71. The Morgan fingerprint density at radius 3 is 2.46 bits per heavy atom. The Labute approximate surface area is 81.9 Å². The highest BCUT2D eigenvalue weighted by Gasteiger charge is 2.26. The molecule has 0 bridgehead atoms. The number of hydrogen-bond donors (Lipinski definition) is 1. The summed E-state index contributed by atoms with van der Waals surface area (Å²) in [4.78, 5) is 0. The minimum absolute atomic E-state index is 0.722. The van der Waals surface area contributed by atoms with Gasteiger partial charge in [-0.15, -0.1) is 0 Å². The first-order valence-corrected chi connectivity index (χ1v) is 7.51. The van der Waals surface area contributed by atoms with Gasteiger partial charge in [-0.25, -0.2) is 0 Å². The lowest BCUT2D eigenvalue weighted by molar-refractivity contribution is 0.152. The summed E-state index contributed by atoms with van der Waals surface area (Å²) in [7, 11) is -0.629. The smallest absolute Gasteiger partial charge is 0.386 e. The Balaban J connectivity index is 2.17. The van der Waals surface area contributed by atoms with Crippen LogP contribution in [0.25, 0.3) is 0 Å². The summed E-state index contributed by atoms with van der Waals surface area (Å²) in [6.07, 6.45) is 6.69. The van der Waals surface area contributed by atoms with Crippen LogP contribution in [0.2, 0.25) is 6.55 Å². The summed E-state index contributed by atoms with van der Waals surface area (Å²) in [6, 6.07) is 0. The Morgan fingerprint density at radius 2 is 1.92 bits per heavy atom. The highest BCUT2D eigenvalue weighted by Crippen LogP contribution is 2.24. The van der Waals surface area contributed by atoms with Crippen molar-refractivity contribution in [1.82, 2.24) is 0 Å². The highest BCUT2D eigenvalue weighted by molar-refractivity contribution is 6.62. The predicted octanol–water partition coefficient (Wildman–Crippen LogP) is 1.76. The van der Waals surface area contributed by atoms with Crippen molar-refractivity contribution in [2.24, 2.45) is 11.3 Å². The largest absolute Gasteiger partial charge is 0.418 e. The van der Waals surface area contributed by atoms with Gasteiger partial charge in [0.25, 0.3) is 0 Å². The Kier molecular flexibility index (Phi) is 4.38. The Bertz CT molecular complexity index is 147. The van der Waals surface area contributed by atoms with Crippen molar-refractivity contribution in [3.05, 3.63) is 0 Å². The third kappa shape index (κ3) is 4.22. The minimum Gasteiger partial charge on any atom is -0.386 e. The van der Waals surface area contributed by atoms with Crippen LogP contribution in [0, 0.1) is 5.92 Å². The Morgan fingerprint density at radius 1 is 1.31 bits per heavy atom. The molecule has 1 aliphatic rings. The maximum atomic E-state index is 5.83. The van der Waals surface area contributed by atoms with Crippen LogP contribution in [0.5, 0.6) is 0 Å². The number of nitrogens with two attached hydrogens (primary N) is 1. The topological polar surface area (TPSA) is 44.5 Å². The summed E-state index contributed by atoms with van der Waals surface area (Å²) < 4.78 is 10.7. The van der Waals surface area contributed by atoms with Crippen LogP contribution in [-0.2, 0) is 8.85 Å². The summed E-state index contributed by atoms with van der Waals surface area (Å²) in [6.45, 7) is 2.68. The zero-order chi connectivity index (χ0) is 9.73. The van der Waals surface area contributed by atoms with E-state index in [1.165, 1.54) is 32.1 Å². The van der Waals surface area contributed by atoms with E-state index < -0.39 is 8.72 Å². The predicted molar refractivity (Wildman–Crippen MR) is 55.3 cm³/mol. The van der Waals surface area contributed by atoms with E-state index in [-0.39, 0.29) is 0 Å². The lowest BCUT2D eigenvalue weighted by Gasteiger charge is -2.26. The molecule has 2 N–H and O–H groups in total. The zero-order valence-electron chi connectivity index (χ0n) is 8.71. The van der Waals surface area contributed by atoms with Gasteiger partial charge in [0.15, 0.2) is 0 Å². The molecule has 3 nitrogen and oxygen atoms in total. The summed E-state index contributed by atoms with van der Waals surface area (Å²) in [5, 5.41) is 5.83. The van der Waals surface area contributed by atoms with E-state index in [1.54, 1.807) is 7.11 Å². The summed E-state index contributed by atoms with van der Waals surface area (Å²) >= 11 is 0. The fourth-order valence-corrected chi connectivity index (χ4v) is 2.38. The molecule has 1 fully saturated rings. The number of hydrogen-bond acceptors (Lipinski definition) is 3. The van der Waals surface area contributed by atoms with Crippen LogP contribution < -0.4 is 5.40 Å². The third-order valence-electron chi connectivity index (χ3n) is 2.74. The van der Waals surface area contributed by atoms with Crippen molar-refractivity contribution in [1.29, 1.82) is 0 Å². The molecule has 0 aromatic carbocycles. The molecule has 1 saturated carbocycles. The average Bonchev–Trinajstić information content (AvgIpc) is 2.17. The van der Waals surface area contributed by atoms with Crippen molar-refractivity contribution in [2.45, 2.75) is 38.7 Å². The van der Waals surface area contributed by atoms with Crippen molar-refractivity contribution in [2.75, 3.05) is 13.7 Å². The molecule has 4 heteroatoms. The maximum absolute atomic E-state index is 5.83. The lowest BCUT2D eigenvalue weighted by Crippen LogP contribution is -2.49. The number of rotatable bonds is 4. The van der Waals surface area contributed by atoms with Gasteiger partial charge in [-0.05, 0) is 25.3 Å². The molecule has 0 spiro atoms.